The summed E-state index contributed by atoms with van der Waals surface area (Å²) in [5.74, 6) is -0.294. The van der Waals surface area contributed by atoms with Crippen molar-refractivity contribution in [2.24, 2.45) is 0 Å². The number of aliphatic hydroxyl groups is 1. The van der Waals surface area contributed by atoms with Crippen LogP contribution in [0.25, 0.3) is 10.8 Å². The minimum atomic E-state index is -4.37. The van der Waals surface area contributed by atoms with Gasteiger partial charge >= 0.3 is 6.18 Å². The molecule has 37 heavy (non-hydrogen) atoms. The predicted molar refractivity (Wildman–Crippen MR) is 134 cm³/mol. The van der Waals surface area contributed by atoms with E-state index in [0.29, 0.717) is 38.3 Å². The molecule has 0 saturated heterocycles. The fourth-order valence-corrected chi connectivity index (χ4v) is 4.91. The lowest BCUT2D eigenvalue weighted by Crippen LogP contribution is -2.32. The Morgan fingerprint density at radius 2 is 1.78 bits per heavy atom. The molecule has 1 aliphatic rings. The molecule has 0 spiro atoms. The van der Waals surface area contributed by atoms with Crippen LogP contribution in [0.5, 0.6) is 0 Å². The van der Waals surface area contributed by atoms with Crippen LogP contribution in [0.4, 0.5) is 13.2 Å². The number of aromatic nitrogens is 2. The van der Waals surface area contributed by atoms with Gasteiger partial charge in [-0.05, 0) is 34.0 Å². The summed E-state index contributed by atoms with van der Waals surface area (Å²) in [6.45, 7) is 2.11. The van der Waals surface area contributed by atoms with Gasteiger partial charge < -0.3 is 10.4 Å². The monoisotopic (exact) mass is 508 g/mol. The summed E-state index contributed by atoms with van der Waals surface area (Å²) < 4.78 is 40.4. The molecule has 2 heterocycles. The first-order chi connectivity index (χ1) is 17.8. The number of alkyl halides is 3. The predicted octanol–water partition coefficient (Wildman–Crippen LogP) is 4.54. The largest absolute Gasteiger partial charge is 0.416 e. The van der Waals surface area contributed by atoms with E-state index in [1.165, 1.54) is 12.1 Å². The zero-order valence-electron chi connectivity index (χ0n) is 20.1. The average Bonchev–Trinajstić information content (AvgIpc) is 3.25. The molecule has 9 heteroatoms. The van der Waals surface area contributed by atoms with Gasteiger partial charge in [0.2, 0.25) is 0 Å². The quantitative estimate of drug-likeness (QED) is 0.385. The number of hydrogen-bond acceptors (Lipinski definition) is 4. The maximum absolute atomic E-state index is 13.3. The maximum Gasteiger partial charge on any atom is 0.416 e. The number of hydrogen-bond donors (Lipinski definition) is 2. The van der Waals surface area contributed by atoms with E-state index >= 15 is 0 Å². The Bertz CT molecular complexity index is 1410. The van der Waals surface area contributed by atoms with E-state index in [9.17, 15) is 23.1 Å². The molecular formula is C28H27F3N4O2. The number of halogens is 3. The van der Waals surface area contributed by atoms with Gasteiger partial charge in [0.15, 0.2) is 5.69 Å². The summed E-state index contributed by atoms with van der Waals surface area (Å²) in [4.78, 5) is 15.4. The van der Waals surface area contributed by atoms with E-state index in [-0.39, 0.29) is 19.1 Å². The van der Waals surface area contributed by atoms with Crippen molar-refractivity contribution in [3.8, 4) is 0 Å². The Morgan fingerprint density at radius 1 is 1.03 bits per heavy atom. The second kappa shape index (κ2) is 10.4. The van der Waals surface area contributed by atoms with Crippen LogP contribution >= 0.6 is 0 Å². The minimum absolute atomic E-state index is 0.0968. The van der Waals surface area contributed by atoms with Crippen molar-refractivity contribution in [1.29, 1.82) is 0 Å². The smallest absolute Gasteiger partial charge is 0.394 e. The lowest BCUT2D eigenvalue weighted by Gasteiger charge is -2.27. The van der Waals surface area contributed by atoms with E-state index in [0.717, 1.165) is 45.3 Å². The van der Waals surface area contributed by atoms with E-state index in [1.54, 1.807) is 4.68 Å². The second-order valence-electron chi connectivity index (χ2n) is 9.20. The summed E-state index contributed by atoms with van der Waals surface area (Å²) in [6, 6.07) is 19.1. The number of benzene rings is 3. The number of nitrogens with zero attached hydrogens (tertiary/aromatic N) is 3. The number of rotatable bonds is 7. The SMILES string of the molecule is O=C(NCc1cccc2ccccc12)c1nn(CCO)c2c1CN(Cc1ccc(C(F)(F)F)cc1)CC2. The van der Waals surface area contributed by atoms with Gasteiger partial charge in [0.05, 0.1) is 18.7 Å². The van der Waals surface area contributed by atoms with Crippen LogP contribution < -0.4 is 5.32 Å². The normalized spacial score (nSPS) is 14.1. The highest BCUT2D eigenvalue weighted by molar-refractivity contribution is 5.94. The fraction of sp³-hybridized carbons (Fsp3) is 0.286. The molecule has 1 amide bonds. The van der Waals surface area contributed by atoms with Crippen LogP contribution in [0.1, 0.15) is 38.4 Å². The zero-order chi connectivity index (χ0) is 26.0. The highest BCUT2D eigenvalue weighted by atomic mass is 19.4. The van der Waals surface area contributed by atoms with Crippen molar-refractivity contribution in [2.45, 2.75) is 38.8 Å². The zero-order valence-corrected chi connectivity index (χ0v) is 20.1. The van der Waals surface area contributed by atoms with Gasteiger partial charge in [0.25, 0.3) is 5.91 Å². The Balaban J connectivity index is 1.33. The molecule has 0 fully saturated rings. The third kappa shape index (κ3) is 5.38. The summed E-state index contributed by atoms with van der Waals surface area (Å²) in [5, 5.41) is 19.2. The molecule has 0 aliphatic carbocycles. The highest BCUT2D eigenvalue weighted by Crippen LogP contribution is 2.30. The van der Waals surface area contributed by atoms with Gasteiger partial charge in [0.1, 0.15) is 0 Å². The van der Waals surface area contributed by atoms with Crippen molar-refractivity contribution < 1.29 is 23.1 Å². The maximum atomic E-state index is 13.3. The Hall–Kier alpha value is -3.69. The average molecular weight is 509 g/mol. The molecule has 0 saturated carbocycles. The van der Waals surface area contributed by atoms with Crippen molar-refractivity contribution in [3.05, 3.63) is 100 Å². The van der Waals surface area contributed by atoms with Crippen LogP contribution in [0, 0.1) is 0 Å². The van der Waals surface area contributed by atoms with Gasteiger partial charge in [-0.15, -0.1) is 0 Å². The standard InChI is InChI=1S/C28H27F3N4O2/c29-28(30,31)22-10-8-19(9-11-22)17-34-13-12-25-24(18-34)26(33-35(25)14-15-36)27(37)32-16-21-6-3-5-20-4-1-2-7-23(20)21/h1-11,36H,12-18H2,(H,32,37). The van der Waals surface area contributed by atoms with Gasteiger partial charge in [-0.25, -0.2) is 0 Å². The van der Waals surface area contributed by atoms with Crippen molar-refractivity contribution >= 4 is 16.7 Å². The van der Waals surface area contributed by atoms with E-state index in [1.807, 2.05) is 42.5 Å². The minimum Gasteiger partial charge on any atom is -0.394 e. The number of nitrogens with one attached hydrogen (secondary N) is 1. The molecule has 0 unspecified atom stereocenters. The molecule has 1 aromatic heterocycles. The fourth-order valence-electron chi connectivity index (χ4n) is 4.91. The van der Waals surface area contributed by atoms with Crippen molar-refractivity contribution in [3.63, 3.8) is 0 Å². The Morgan fingerprint density at radius 3 is 2.54 bits per heavy atom. The molecule has 3 aromatic carbocycles. The highest BCUT2D eigenvalue weighted by Gasteiger charge is 2.31. The molecule has 0 atom stereocenters. The number of carbonyl (C=O) groups is 1. The molecule has 5 rings (SSSR count). The molecule has 1 aliphatic heterocycles. The lowest BCUT2D eigenvalue weighted by atomic mass is 10.0. The summed E-state index contributed by atoms with van der Waals surface area (Å²) in [5.41, 5.74) is 3.11. The van der Waals surface area contributed by atoms with E-state index in [4.69, 9.17) is 0 Å². The summed E-state index contributed by atoms with van der Waals surface area (Å²) >= 11 is 0. The Labute approximate surface area is 212 Å². The summed E-state index contributed by atoms with van der Waals surface area (Å²) in [7, 11) is 0. The van der Waals surface area contributed by atoms with Crippen molar-refractivity contribution in [2.75, 3.05) is 13.2 Å². The molecule has 4 aromatic rings. The molecule has 192 valence electrons. The number of fused-ring (bicyclic) bond motifs is 2. The first-order valence-electron chi connectivity index (χ1n) is 12.2. The summed E-state index contributed by atoms with van der Waals surface area (Å²) in [6.07, 6.45) is -3.74. The van der Waals surface area contributed by atoms with E-state index < -0.39 is 11.7 Å². The molecule has 0 bridgehead atoms. The molecule has 0 radical (unpaired) electrons. The van der Waals surface area contributed by atoms with Crippen LogP contribution in [0.15, 0.2) is 66.7 Å². The van der Waals surface area contributed by atoms with Crippen LogP contribution in [0.3, 0.4) is 0 Å². The third-order valence-corrected chi connectivity index (χ3v) is 6.75. The van der Waals surface area contributed by atoms with Gasteiger partial charge in [-0.2, -0.15) is 18.3 Å². The van der Waals surface area contributed by atoms with E-state index in [2.05, 4.69) is 15.3 Å². The first-order valence-corrected chi connectivity index (χ1v) is 12.2. The van der Waals surface area contributed by atoms with Gasteiger partial charge in [-0.3, -0.25) is 14.4 Å². The van der Waals surface area contributed by atoms with Gasteiger partial charge in [0, 0.05) is 43.9 Å². The van der Waals surface area contributed by atoms with Crippen LogP contribution in [-0.4, -0.2) is 38.8 Å². The first kappa shape index (κ1) is 25.0. The molecule has 6 nitrogen and oxygen atoms in total. The molecule has 2 N–H and O–H groups in total. The van der Waals surface area contributed by atoms with Crippen molar-refractivity contribution in [1.82, 2.24) is 20.0 Å². The topological polar surface area (TPSA) is 70.4 Å². The van der Waals surface area contributed by atoms with Crippen LogP contribution in [-0.2, 0) is 38.8 Å². The number of amides is 1. The van der Waals surface area contributed by atoms with Gasteiger partial charge in [-0.1, -0.05) is 54.6 Å². The number of aliphatic hydroxyl groups excluding tert-OH is 1. The third-order valence-electron chi connectivity index (χ3n) is 6.75. The number of carbonyl (C=O) groups excluding carboxylic acids is 1. The second-order valence-corrected chi connectivity index (χ2v) is 9.20. The van der Waals surface area contributed by atoms with Crippen LogP contribution in [0.2, 0.25) is 0 Å². The molecular weight excluding hydrogens is 481 g/mol. The Kier molecular flexibility index (Phi) is 6.99. The lowest BCUT2D eigenvalue weighted by molar-refractivity contribution is -0.137.